The number of carbonyl (C=O) groups is 1. The second kappa shape index (κ2) is 9.88. The number of nitrogens with one attached hydrogen (secondary N) is 1. The molecule has 35 heavy (non-hydrogen) atoms. The fraction of sp³-hybridized carbons (Fsp3) is 0.120. The van der Waals surface area contributed by atoms with Crippen LogP contribution in [-0.4, -0.2) is 20.9 Å². The largest absolute Gasteiger partial charge is 0.435 e. The number of benzene rings is 2. The van der Waals surface area contributed by atoms with Gasteiger partial charge in [0.2, 0.25) is 5.88 Å². The van der Waals surface area contributed by atoms with E-state index in [0.29, 0.717) is 23.5 Å². The average Bonchev–Trinajstić information content (AvgIpc) is 2.85. The van der Waals surface area contributed by atoms with E-state index in [9.17, 15) is 18.0 Å². The normalized spacial score (nSPS) is 11.2. The van der Waals surface area contributed by atoms with Crippen LogP contribution in [0.1, 0.15) is 28.7 Å². The molecule has 2 heterocycles. The first-order valence-corrected chi connectivity index (χ1v) is 10.5. The second-order valence-electron chi connectivity index (χ2n) is 7.32. The van der Waals surface area contributed by atoms with Crippen molar-refractivity contribution in [2.24, 2.45) is 0 Å². The highest BCUT2D eigenvalue weighted by molar-refractivity contribution is 6.04. The Balaban J connectivity index is 1.61. The molecule has 4 rings (SSSR count). The number of aromatic nitrogens is 3. The van der Waals surface area contributed by atoms with Gasteiger partial charge < -0.3 is 10.1 Å². The van der Waals surface area contributed by atoms with Crippen molar-refractivity contribution in [3.05, 3.63) is 95.8 Å². The zero-order valence-corrected chi connectivity index (χ0v) is 18.3. The van der Waals surface area contributed by atoms with Gasteiger partial charge in [-0.2, -0.15) is 13.2 Å². The molecule has 0 aliphatic rings. The molecule has 0 bridgehead atoms. The van der Waals surface area contributed by atoms with Crippen molar-refractivity contribution in [1.82, 2.24) is 15.0 Å². The van der Waals surface area contributed by atoms with Crippen LogP contribution in [-0.2, 0) is 12.6 Å². The van der Waals surface area contributed by atoms with E-state index in [-0.39, 0.29) is 17.3 Å². The van der Waals surface area contributed by atoms with Crippen molar-refractivity contribution in [3.63, 3.8) is 0 Å². The molecule has 0 saturated carbocycles. The van der Waals surface area contributed by atoms with Crippen molar-refractivity contribution in [1.29, 1.82) is 0 Å². The number of ether oxygens (including phenoxy) is 1. The van der Waals surface area contributed by atoms with Gasteiger partial charge in [-0.1, -0.05) is 19.1 Å². The Labute approximate surface area is 197 Å². The van der Waals surface area contributed by atoms with Gasteiger partial charge in [0.25, 0.3) is 5.91 Å². The first-order valence-electron chi connectivity index (χ1n) is 10.5. The van der Waals surface area contributed by atoms with E-state index in [1.165, 1.54) is 30.5 Å². The molecular formula is C25H18F4N4O2. The summed E-state index contributed by atoms with van der Waals surface area (Å²) in [7, 11) is 0. The minimum atomic E-state index is -4.58. The zero-order valence-electron chi connectivity index (χ0n) is 18.3. The van der Waals surface area contributed by atoms with E-state index >= 15 is 4.39 Å². The maximum absolute atomic E-state index is 15.2. The SMILES string of the molecule is CCc1nccc(-c2cccnc2Oc2cccc(C(=O)Nc3cccc(C(F)(F)F)c3)c2F)n1. The third kappa shape index (κ3) is 5.43. The van der Waals surface area contributed by atoms with Crippen molar-refractivity contribution < 1.29 is 27.1 Å². The smallest absolute Gasteiger partial charge is 0.416 e. The molecule has 4 aromatic rings. The first kappa shape index (κ1) is 23.8. The standard InChI is InChI=1S/C25H18F4N4O2/c1-2-21-30-13-11-19(33-21)17-9-5-12-31-24(17)35-20-10-4-8-18(22(20)26)23(34)32-16-7-3-6-15(14-16)25(27,28)29/h3-14H,2H2,1H3,(H,32,34). The highest BCUT2D eigenvalue weighted by atomic mass is 19.4. The van der Waals surface area contributed by atoms with E-state index in [0.717, 1.165) is 18.2 Å². The van der Waals surface area contributed by atoms with Crippen LogP contribution in [0.2, 0.25) is 0 Å². The summed E-state index contributed by atoms with van der Waals surface area (Å²) in [5, 5.41) is 2.29. The molecule has 6 nitrogen and oxygen atoms in total. The number of carbonyl (C=O) groups excluding carboxylic acids is 1. The third-order valence-electron chi connectivity index (χ3n) is 4.93. The molecule has 0 radical (unpaired) electrons. The number of nitrogens with zero attached hydrogens (tertiary/aromatic N) is 3. The number of hydrogen-bond acceptors (Lipinski definition) is 5. The third-order valence-corrected chi connectivity index (χ3v) is 4.93. The fourth-order valence-corrected chi connectivity index (χ4v) is 3.23. The average molecular weight is 482 g/mol. The summed E-state index contributed by atoms with van der Waals surface area (Å²) in [6.45, 7) is 1.91. The van der Waals surface area contributed by atoms with Gasteiger partial charge in [-0.3, -0.25) is 4.79 Å². The van der Waals surface area contributed by atoms with Gasteiger partial charge in [0, 0.05) is 24.5 Å². The minimum absolute atomic E-state index is 0.0580. The van der Waals surface area contributed by atoms with Crippen LogP contribution >= 0.6 is 0 Å². The predicted octanol–water partition coefficient (Wildman–Crippen LogP) is 6.30. The molecule has 178 valence electrons. The summed E-state index contributed by atoms with van der Waals surface area (Å²) in [5.74, 6) is -1.55. The van der Waals surface area contributed by atoms with Crippen LogP contribution in [0.25, 0.3) is 11.3 Å². The number of pyridine rings is 1. The Bertz CT molecular complexity index is 1380. The van der Waals surface area contributed by atoms with Gasteiger partial charge in [0.15, 0.2) is 11.6 Å². The van der Waals surface area contributed by atoms with E-state index in [1.807, 2.05) is 6.92 Å². The summed E-state index contributed by atoms with van der Waals surface area (Å²) in [6.07, 6.45) is -0.913. The van der Waals surface area contributed by atoms with E-state index < -0.39 is 29.0 Å². The Morgan fingerprint density at radius 3 is 2.57 bits per heavy atom. The Kier molecular flexibility index (Phi) is 6.72. The number of amides is 1. The van der Waals surface area contributed by atoms with Crippen LogP contribution in [0.4, 0.5) is 23.2 Å². The molecule has 0 aliphatic carbocycles. The molecule has 2 aromatic carbocycles. The molecule has 1 amide bonds. The molecule has 0 saturated heterocycles. The maximum atomic E-state index is 15.2. The number of anilines is 1. The number of rotatable bonds is 6. The molecule has 10 heteroatoms. The summed E-state index contributed by atoms with van der Waals surface area (Å²) < 4.78 is 59.8. The zero-order chi connectivity index (χ0) is 25.0. The van der Waals surface area contributed by atoms with Crippen LogP contribution < -0.4 is 10.1 Å². The van der Waals surface area contributed by atoms with Crippen LogP contribution in [0.5, 0.6) is 11.6 Å². The second-order valence-corrected chi connectivity index (χ2v) is 7.32. The van der Waals surface area contributed by atoms with E-state index in [4.69, 9.17) is 4.74 Å². The maximum Gasteiger partial charge on any atom is 0.416 e. The molecular weight excluding hydrogens is 464 g/mol. The number of halogens is 4. The van der Waals surface area contributed by atoms with Crippen molar-refractivity contribution in [3.8, 4) is 22.9 Å². The van der Waals surface area contributed by atoms with E-state index in [1.54, 1.807) is 24.4 Å². The number of hydrogen-bond donors (Lipinski definition) is 1. The van der Waals surface area contributed by atoms with Crippen LogP contribution in [0, 0.1) is 5.82 Å². The molecule has 1 N–H and O–H groups in total. The molecule has 0 aliphatic heterocycles. The Morgan fingerprint density at radius 2 is 1.80 bits per heavy atom. The number of aryl methyl sites for hydroxylation is 1. The summed E-state index contributed by atoms with van der Waals surface area (Å²) in [5.41, 5.74) is -0.459. The lowest BCUT2D eigenvalue weighted by Crippen LogP contribution is -2.15. The van der Waals surface area contributed by atoms with Crippen LogP contribution in [0.3, 0.4) is 0 Å². The lowest BCUT2D eigenvalue weighted by Gasteiger charge is -2.13. The van der Waals surface area contributed by atoms with Gasteiger partial charge in [-0.25, -0.2) is 19.3 Å². The monoisotopic (exact) mass is 482 g/mol. The number of alkyl halides is 3. The van der Waals surface area contributed by atoms with Gasteiger partial charge in [0.05, 0.1) is 22.4 Å². The van der Waals surface area contributed by atoms with E-state index in [2.05, 4.69) is 20.3 Å². The summed E-state index contributed by atoms with van der Waals surface area (Å²) in [6, 6.07) is 13.0. The lowest BCUT2D eigenvalue weighted by atomic mass is 10.1. The van der Waals surface area contributed by atoms with Crippen molar-refractivity contribution in [2.75, 3.05) is 5.32 Å². The van der Waals surface area contributed by atoms with Gasteiger partial charge in [-0.15, -0.1) is 0 Å². The lowest BCUT2D eigenvalue weighted by molar-refractivity contribution is -0.137. The molecule has 0 unspecified atom stereocenters. The topological polar surface area (TPSA) is 77.0 Å². The predicted molar refractivity (Wildman–Crippen MR) is 121 cm³/mol. The fourth-order valence-electron chi connectivity index (χ4n) is 3.23. The quantitative estimate of drug-likeness (QED) is 0.326. The Morgan fingerprint density at radius 1 is 1.00 bits per heavy atom. The summed E-state index contributed by atoms with van der Waals surface area (Å²) in [4.78, 5) is 25.4. The van der Waals surface area contributed by atoms with Gasteiger partial charge in [0.1, 0.15) is 5.82 Å². The first-order chi connectivity index (χ1) is 16.8. The summed E-state index contributed by atoms with van der Waals surface area (Å²) >= 11 is 0. The molecule has 0 spiro atoms. The molecule has 0 atom stereocenters. The highest BCUT2D eigenvalue weighted by Gasteiger charge is 2.30. The Hall–Kier alpha value is -4.34. The minimum Gasteiger partial charge on any atom is -0.435 e. The van der Waals surface area contributed by atoms with Gasteiger partial charge in [-0.05, 0) is 48.5 Å². The highest BCUT2D eigenvalue weighted by Crippen LogP contribution is 2.33. The molecule has 2 aromatic heterocycles. The van der Waals surface area contributed by atoms with Gasteiger partial charge >= 0.3 is 6.18 Å². The van der Waals surface area contributed by atoms with Crippen molar-refractivity contribution >= 4 is 11.6 Å². The molecule has 0 fully saturated rings. The van der Waals surface area contributed by atoms with Crippen molar-refractivity contribution in [2.45, 2.75) is 19.5 Å². The van der Waals surface area contributed by atoms with Crippen LogP contribution in [0.15, 0.2) is 73.1 Å².